The van der Waals surface area contributed by atoms with Gasteiger partial charge in [-0.05, 0) is 68.7 Å². The number of ketones is 1. The van der Waals surface area contributed by atoms with E-state index >= 15 is 0 Å². The maximum atomic E-state index is 12.6. The minimum atomic E-state index is -0.0469. The molecule has 3 heteroatoms. The molecule has 0 aromatic heterocycles. The van der Waals surface area contributed by atoms with Gasteiger partial charge in [-0.25, -0.2) is 0 Å². The molecule has 0 saturated heterocycles. The number of hydrogen-bond donors (Lipinski definition) is 1. The van der Waals surface area contributed by atoms with Gasteiger partial charge in [-0.2, -0.15) is 0 Å². The summed E-state index contributed by atoms with van der Waals surface area (Å²) in [7, 11) is 0. The standard InChI is InChI=1S/C24H36O3/c1-16(2)9-8-10-19(7)11-12-27-15-23(25)20-13-21(17(3)4)24(26)22(14-20)18(5)6/h9,11,13-14,17-18,26H,8,10,12,15H2,1-7H3/b19-11+. The van der Waals surface area contributed by atoms with E-state index in [1.165, 1.54) is 11.1 Å². The molecule has 1 N–H and O–H groups in total. The van der Waals surface area contributed by atoms with Crippen LogP contribution in [0.5, 0.6) is 5.75 Å². The van der Waals surface area contributed by atoms with Gasteiger partial charge in [-0.1, -0.05) is 51.0 Å². The second-order valence-electron chi connectivity index (χ2n) is 8.12. The van der Waals surface area contributed by atoms with Crippen molar-refractivity contribution < 1.29 is 14.6 Å². The summed E-state index contributed by atoms with van der Waals surface area (Å²) in [4.78, 5) is 12.6. The highest BCUT2D eigenvalue weighted by atomic mass is 16.5. The zero-order chi connectivity index (χ0) is 20.6. The Morgan fingerprint density at radius 2 is 1.59 bits per heavy atom. The van der Waals surface area contributed by atoms with Gasteiger partial charge < -0.3 is 9.84 Å². The van der Waals surface area contributed by atoms with Crippen molar-refractivity contribution in [3.05, 3.63) is 52.1 Å². The van der Waals surface area contributed by atoms with Gasteiger partial charge >= 0.3 is 0 Å². The molecule has 1 aromatic rings. The molecule has 0 heterocycles. The molecule has 1 aromatic carbocycles. The summed E-state index contributed by atoms with van der Waals surface area (Å²) in [6, 6.07) is 3.61. The fraction of sp³-hybridized carbons (Fsp3) is 0.542. The molecule has 0 amide bonds. The molecule has 1 rings (SSSR count). The van der Waals surface area contributed by atoms with Crippen LogP contribution < -0.4 is 0 Å². The van der Waals surface area contributed by atoms with Gasteiger partial charge in [-0.3, -0.25) is 4.79 Å². The van der Waals surface area contributed by atoms with E-state index in [1.807, 2.05) is 33.8 Å². The van der Waals surface area contributed by atoms with Crippen LogP contribution in [0.2, 0.25) is 0 Å². The number of benzene rings is 1. The molecule has 0 saturated carbocycles. The fourth-order valence-electron chi connectivity index (χ4n) is 2.85. The van der Waals surface area contributed by atoms with Gasteiger partial charge in [-0.15, -0.1) is 0 Å². The van der Waals surface area contributed by atoms with Crippen molar-refractivity contribution in [2.24, 2.45) is 0 Å². The number of ether oxygens (including phenoxy) is 1. The number of rotatable bonds is 10. The predicted molar refractivity (Wildman–Crippen MR) is 114 cm³/mol. The largest absolute Gasteiger partial charge is 0.507 e. The fourth-order valence-corrected chi connectivity index (χ4v) is 2.85. The number of Topliss-reactive ketones (excluding diaryl/α,β-unsaturated/α-hetero) is 1. The highest BCUT2D eigenvalue weighted by Crippen LogP contribution is 2.34. The smallest absolute Gasteiger partial charge is 0.188 e. The first-order chi connectivity index (χ1) is 12.6. The summed E-state index contributed by atoms with van der Waals surface area (Å²) in [5, 5.41) is 10.5. The van der Waals surface area contributed by atoms with Gasteiger partial charge in [0.25, 0.3) is 0 Å². The molecule has 3 nitrogen and oxygen atoms in total. The zero-order valence-corrected chi connectivity index (χ0v) is 18.1. The van der Waals surface area contributed by atoms with Gasteiger partial charge in [0.05, 0.1) is 6.61 Å². The number of allylic oxidation sites excluding steroid dienone is 3. The summed E-state index contributed by atoms with van der Waals surface area (Å²) in [6.45, 7) is 14.9. The van der Waals surface area contributed by atoms with Crippen LogP contribution in [0.25, 0.3) is 0 Å². The second kappa shape index (κ2) is 11.1. The van der Waals surface area contributed by atoms with Crippen LogP contribution in [0.4, 0.5) is 0 Å². The van der Waals surface area contributed by atoms with Gasteiger partial charge in [0.1, 0.15) is 12.4 Å². The maximum Gasteiger partial charge on any atom is 0.188 e. The van der Waals surface area contributed by atoms with Gasteiger partial charge in [0, 0.05) is 5.56 Å². The molecule has 0 bridgehead atoms. The number of carbonyl (C=O) groups excluding carboxylic acids is 1. The van der Waals surface area contributed by atoms with E-state index in [0.717, 1.165) is 24.0 Å². The maximum absolute atomic E-state index is 12.6. The lowest BCUT2D eigenvalue weighted by Gasteiger charge is -2.17. The van der Waals surface area contributed by atoms with E-state index < -0.39 is 0 Å². The topological polar surface area (TPSA) is 46.5 Å². The second-order valence-corrected chi connectivity index (χ2v) is 8.12. The number of phenolic OH excluding ortho intramolecular Hbond substituents is 1. The number of aromatic hydroxyl groups is 1. The Morgan fingerprint density at radius 3 is 2.07 bits per heavy atom. The third-order valence-corrected chi connectivity index (χ3v) is 4.61. The minimum absolute atomic E-state index is 0.0469. The van der Waals surface area contributed by atoms with Crippen molar-refractivity contribution in [2.45, 2.75) is 73.1 Å². The SMILES string of the molecule is CC(C)=CCC/C(C)=C/COCC(=O)c1cc(C(C)C)c(O)c(C(C)C)c1. The van der Waals surface area contributed by atoms with E-state index in [1.54, 1.807) is 12.1 Å². The lowest BCUT2D eigenvalue weighted by Crippen LogP contribution is -2.11. The van der Waals surface area contributed by atoms with Gasteiger partial charge in [0.2, 0.25) is 0 Å². The van der Waals surface area contributed by atoms with Crippen LogP contribution >= 0.6 is 0 Å². The Balaban J connectivity index is 2.71. The predicted octanol–water partition coefficient (Wildman–Crippen LogP) is 6.53. The van der Waals surface area contributed by atoms with E-state index in [2.05, 4.69) is 26.8 Å². The van der Waals surface area contributed by atoms with Crippen LogP contribution in [0, 0.1) is 0 Å². The van der Waals surface area contributed by atoms with Crippen LogP contribution in [-0.2, 0) is 4.74 Å². The first-order valence-corrected chi connectivity index (χ1v) is 9.90. The Kier molecular flexibility index (Phi) is 9.51. The molecule has 0 aliphatic carbocycles. The molecular formula is C24H36O3. The number of hydrogen-bond acceptors (Lipinski definition) is 3. The van der Waals surface area contributed by atoms with E-state index in [0.29, 0.717) is 17.9 Å². The summed E-state index contributed by atoms with van der Waals surface area (Å²) < 4.78 is 5.58. The average molecular weight is 373 g/mol. The highest BCUT2D eigenvalue weighted by Gasteiger charge is 2.18. The van der Waals surface area contributed by atoms with E-state index in [9.17, 15) is 9.90 Å². The van der Waals surface area contributed by atoms with E-state index in [4.69, 9.17) is 4.74 Å². The van der Waals surface area contributed by atoms with Crippen molar-refractivity contribution in [3.63, 3.8) is 0 Å². The van der Waals surface area contributed by atoms with Crippen molar-refractivity contribution in [1.29, 1.82) is 0 Å². The van der Waals surface area contributed by atoms with Crippen LogP contribution in [0.3, 0.4) is 0 Å². The summed E-state index contributed by atoms with van der Waals surface area (Å²) in [5.74, 6) is 0.576. The normalized spacial score (nSPS) is 12.0. The van der Waals surface area contributed by atoms with Crippen molar-refractivity contribution in [1.82, 2.24) is 0 Å². The lowest BCUT2D eigenvalue weighted by atomic mass is 9.90. The Morgan fingerprint density at radius 1 is 1.04 bits per heavy atom. The third kappa shape index (κ3) is 7.72. The number of carbonyl (C=O) groups is 1. The van der Waals surface area contributed by atoms with Gasteiger partial charge in [0.15, 0.2) is 5.78 Å². The molecule has 0 spiro atoms. The molecule has 0 atom stereocenters. The summed E-state index contributed by atoms with van der Waals surface area (Å²) in [5.41, 5.74) is 4.86. The molecule has 0 aliphatic rings. The molecule has 0 aliphatic heterocycles. The van der Waals surface area contributed by atoms with Crippen LogP contribution in [0.1, 0.15) is 94.6 Å². The van der Waals surface area contributed by atoms with Crippen LogP contribution in [0.15, 0.2) is 35.4 Å². The molecule has 0 unspecified atom stereocenters. The monoisotopic (exact) mass is 372 g/mol. The highest BCUT2D eigenvalue weighted by molar-refractivity contribution is 5.97. The summed E-state index contributed by atoms with van der Waals surface area (Å²) >= 11 is 0. The third-order valence-electron chi connectivity index (χ3n) is 4.61. The summed E-state index contributed by atoms with van der Waals surface area (Å²) in [6.07, 6.45) is 6.32. The number of phenols is 1. The molecule has 0 radical (unpaired) electrons. The van der Waals surface area contributed by atoms with Crippen LogP contribution in [-0.4, -0.2) is 24.1 Å². The first kappa shape index (κ1) is 23.2. The van der Waals surface area contributed by atoms with Crippen molar-refractivity contribution in [2.75, 3.05) is 13.2 Å². The minimum Gasteiger partial charge on any atom is -0.507 e. The van der Waals surface area contributed by atoms with Crippen molar-refractivity contribution in [3.8, 4) is 5.75 Å². The quantitative estimate of drug-likeness (QED) is 0.288. The van der Waals surface area contributed by atoms with Crippen molar-refractivity contribution >= 4 is 5.78 Å². The lowest BCUT2D eigenvalue weighted by molar-refractivity contribution is 0.0805. The molecule has 150 valence electrons. The molecule has 27 heavy (non-hydrogen) atoms. The Labute approximate surface area is 165 Å². The Hall–Kier alpha value is -1.87. The first-order valence-electron chi connectivity index (χ1n) is 9.90. The average Bonchev–Trinajstić information content (AvgIpc) is 2.57. The van der Waals surface area contributed by atoms with E-state index in [-0.39, 0.29) is 24.2 Å². The zero-order valence-electron chi connectivity index (χ0n) is 18.1. The molecule has 0 fully saturated rings. The Bertz CT molecular complexity index is 661. The molecular weight excluding hydrogens is 336 g/mol.